The number of barbiturate groups is 1. The van der Waals surface area contributed by atoms with Crippen LogP contribution in [-0.2, 0) is 20.8 Å². The van der Waals surface area contributed by atoms with Crippen molar-refractivity contribution in [1.82, 2.24) is 15.5 Å². The monoisotopic (exact) mass is 387 g/mol. The van der Waals surface area contributed by atoms with Crippen LogP contribution in [0.2, 0.25) is 0 Å². The van der Waals surface area contributed by atoms with Crippen molar-refractivity contribution in [2.45, 2.75) is 19.4 Å². The smallest absolute Gasteiger partial charge is 0.328 e. The van der Waals surface area contributed by atoms with Crippen LogP contribution < -0.4 is 15.5 Å². The molecule has 146 valence electrons. The van der Waals surface area contributed by atoms with Gasteiger partial charge in [0.1, 0.15) is 0 Å². The van der Waals surface area contributed by atoms with Crippen LogP contribution >= 0.6 is 0 Å². The summed E-state index contributed by atoms with van der Waals surface area (Å²) in [5.41, 5.74) is -0.671. The first-order chi connectivity index (χ1) is 13.2. The van der Waals surface area contributed by atoms with E-state index in [0.29, 0.717) is 24.3 Å². The number of piperazine rings is 1. The second kappa shape index (κ2) is 6.01. The Hall–Kier alpha value is -3.50. The molecule has 4 rings (SSSR count). The fourth-order valence-corrected chi connectivity index (χ4v) is 4.33. The number of non-ortho nitro benzene ring substituents is 1. The van der Waals surface area contributed by atoms with Gasteiger partial charge in [0.05, 0.1) is 11.0 Å². The van der Waals surface area contributed by atoms with Gasteiger partial charge in [0.25, 0.3) is 5.69 Å². The maximum Gasteiger partial charge on any atom is 0.328 e. The number of carbonyl (C=O) groups is 4. The third-order valence-corrected chi connectivity index (χ3v) is 5.71. The van der Waals surface area contributed by atoms with Gasteiger partial charge in [-0.15, -0.1) is 0 Å². The SMILES string of the molecule is CC(=O)N1CCN2c3ccc([N+](=O)[O-])cc3CC3(C(=O)NC(=O)NC3=O)[C@H]2C1. The minimum atomic E-state index is -1.68. The zero-order chi connectivity index (χ0) is 20.2. The van der Waals surface area contributed by atoms with E-state index in [1.165, 1.54) is 19.1 Å². The maximum absolute atomic E-state index is 12.9. The number of nitro benzene ring substituents is 1. The Balaban J connectivity index is 1.87. The number of benzene rings is 1. The summed E-state index contributed by atoms with van der Waals surface area (Å²) in [7, 11) is 0. The Bertz CT molecular complexity index is 924. The molecule has 1 spiro atoms. The minimum absolute atomic E-state index is 0.109. The van der Waals surface area contributed by atoms with Gasteiger partial charge in [-0.3, -0.25) is 35.1 Å². The number of fused-ring (bicyclic) bond motifs is 4. The molecule has 0 bridgehead atoms. The lowest BCUT2D eigenvalue weighted by Crippen LogP contribution is -2.74. The molecule has 1 aromatic rings. The summed E-state index contributed by atoms with van der Waals surface area (Å²) in [5.74, 6) is -1.71. The van der Waals surface area contributed by atoms with Crippen LogP contribution in [-0.4, -0.2) is 59.3 Å². The summed E-state index contributed by atoms with van der Waals surface area (Å²) in [4.78, 5) is 63.3. The van der Waals surface area contributed by atoms with Crippen molar-refractivity contribution >= 4 is 35.1 Å². The fraction of sp³-hybridized carbons (Fsp3) is 0.412. The molecule has 1 atom stereocenters. The topological polar surface area (TPSA) is 142 Å². The molecule has 11 nitrogen and oxygen atoms in total. The normalized spacial score (nSPS) is 22.9. The van der Waals surface area contributed by atoms with Gasteiger partial charge in [0.15, 0.2) is 5.41 Å². The van der Waals surface area contributed by atoms with E-state index < -0.39 is 34.2 Å². The van der Waals surface area contributed by atoms with E-state index in [1.54, 1.807) is 11.0 Å². The van der Waals surface area contributed by atoms with Crippen molar-refractivity contribution in [3.63, 3.8) is 0 Å². The number of nitro groups is 1. The van der Waals surface area contributed by atoms with Crippen molar-refractivity contribution in [1.29, 1.82) is 0 Å². The molecule has 28 heavy (non-hydrogen) atoms. The Morgan fingerprint density at radius 3 is 2.50 bits per heavy atom. The lowest BCUT2D eigenvalue weighted by molar-refractivity contribution is -0.384. The summed E-state index contributed by atoms with van der Waals surface area (Å²) in [6, 6.07) is 2.71. The highest BCUT2D eigenvalue weighted by molar-refractivity contribution is 6.20. The first-order valence-electron chi connectivity index (χ1n) is 8.70. The molecule has 0 unspecified atom stereocenters. The van der Waals surface area contributed by atoms with Crippen LogP contribution in [0.25, 0.3) is 0 Å². The first-order valence-corrected chi connectivity index (χ1v) is 8.70. The van der Waals surface area contributed by atoms with E-state index in [2.05, 4.69) is 10.6 Å². The molecule has 2 N–H and O–H groups in total. The molecule has 1 aromatic carbocycles. The quantitative estimate of drug-likeness (QED) is 0.377. The molecular weight excluding hydrogens is 370 g/mol. The molecule has 0 saturated carbocycles. The number of hydrogen-bond acceptors (Lipinski definition) is 7. The lowest BCUT2D eigenvalue weighted by atomic mass is 9.68. The number of carbonyl (C=O) groups excluding carboxylic acids is 4. The number of nitrogens with one attached hydrogen (secondary N) is 2. The molecule has 11 heteroatoms. The van der Waals surface area contributed by atoms with E-state index in [-0.39, 0.29) is 24.6 Å². The summed E-state index contributed by atoms with van der Waals surface area (Å²) in [6.45, 7) is 2.28. The van der Waals surface area contributed by atoms with E-state index in [1.807, 2.05) is 4.90 Å². The van der Waals surface area contributed by atoms with Crippen LogP contribution in [0.4, 0.5) is 16.2 Å². The van der Waals surface area contributed by atoms with Gasteiger partial charge in [-0.1, -0.05) is 0 Å². The number of amides is 5. The summed E-state index contributed by atoms with van der Waals surface area (Å²) < 4.78 is 0. The van der Waals surface area contributed by atoms with Crippen LogP contribution in [0.5, 0.6) is 0 Å². The highest BCUT2D eigenvalue weighted by Gasteiger charge is 2.61. The number of imide groups is 2. The van der Waals surface area contributed by atoms with Crippen LogP contribution in [0.3, 0.4) is 0 Å². The summed E-state index contributed by atoms with van der Waals surface area (Å²) in [6.07, 6.45) is -0.109. The van der Waals surface area contributed by atoms with E-state index >= 15 is 0 Å². The predicted octanol–water partition coefficient (Wildman–Crippen LogP) is -0.460. The summed E-state index contributed by atoms with van der Waals surface area (Å²) in [5, 5.41) is 15.5. The van der Waals surface area contributed by atoms with Gasteiger partial charge in [-0.2, -0.15) is 0 Å². The Morgan fingerprint density at radius 1 is 1.21 bits per heavy atom. The first kappa shape index (κ1) is 17.9. The zero-order valence-corrected chi connectivity index (χ0v) is 14.9. The van der Waals surface area contributed by atoms with Gasteiger partial charge in [0.2, 0.25) is 17.7 Å². The highest BCUT2D eigenvalue weighted by atomic mass is 16.6. The molecule has 3 aliphatic heterocycles. The average molecular weight is 387 g/mol. The maximum atomic E-state index is 12.9. The lowest BCUT2D eigenvalue weighted by Gasteiger charge is -2.54. The molecule has 0 radical (unpaired) electrons. The third kappa shape index (κ3) is 2.42. The molecule has 0 aliphatic carbocycles. The highest BCUT2D eigenvalue weighted by Crippen LogP contribution is 2.45. The van der Waals surface area contributed by atoms with Crippen molar-refractivity contribution < 1.29 is 24.1 Å². The zero-order valence-electron chi connectivity index (χ0n) is 14.9. The molecule has 2 saturated heterocycles. The van der Waals surface area contributed by atoms with Crippen LogP contribution in [0.1, 0.15) is 12.5 Å². The molecule has 0 aromatic heterocycles. The Labute approximate surface area is 158 Å². The second-order valence-corrected chi connectivity index (χ2v) is 7.13. The Morgan fingerprint density at radius 2 is 1.89 bits per heavy atom. The van der Waals surface area contributed by atoms with Crippen molar-refractivity contribution in [3.8, 4) is 0 Å². The number of nitrogens with zero attached hydrogens (tertiary/aromatic N) is 3. The van der Waals surface area contributed by atoms with Gasteiger partial charge >= 0.3 is 6.03 Å². The Kier molecular flexibility index (Phi) is 3.84. The number of rotatable bonds is 1. The number of urea groups is 1. The van der Waals surface area contributed by atoms with Gasteiger partial charge < -0.3 is 9.80 Å². The molecule has 5 amide bonds. The van der Waals surface area contributed by atoms with Gasteiger partial charge in [0, 0.05) is 50.8 Å². The van der Waals surface area contributed by atoms with Crippen molar-refractivity contribution in [3.05, 3.63) is 33.9 Å². The van der Waals surface area contributed by atoms with E-state index in [4.69, 9.17) is 0 Å². The standard InChI is InChI=1S/C17H17N5O6/c1-9(23)20-4-5-21-12-3-2-11(22(27)28)6-10(12)7-17(13(21)8-20)14(24)18-16(26)19-15(17)25/h2-3,6,13H,4-5,7-8H2,1H3,(H2,18,19,24,25,26)/t13-/m1/s1. The minimum Gasteiger partial charge on any atom is -0.363 e. The van der Waals surface area contributed by atoms with Gasteiger partial charge in [-0.25, -0.2) is 4.79 Å². The van der Waals surface area contributed by atoms with Crippen LogP contribution in [0, 0.1) is 15.5 Å². The largest absolute Gasteiger partial charge is 0.363 e. The number of hydrogen-bond donors (Lipinski definition) is 2. The van der Waals surface area contributed by atoms with E-state index in [9.17, 15) is 29.3 Å². The van der Waals surface area contributed by atoms with Gasteiger partial charge in [-0.05, 0) is 11.6 Å². The predicted molar refractivity (Wildman–Crippen MR) is 94.3 cm³/mol. The van der Waals surface area contributed by atoms with Crippen LogP contribution in [0.15, 0.2) is 18.2 Å². The van der Waals surface area contributed by atoms with Crippen molar-refractivity contribution in [2.24, 2.45) is 5.41 Å². The molecule has 3 heterocycles. The van der Waals surface area contributed by atoms with Crippen molar-refractivity contribution in [2.75, 3.05) is 24.5 Å². The third-order valence-electron chi connectivity index (χ3n) is 5.71. The molecular formula is C17H17N5O6. The second-order valence-electron chi connectivity index (χ2n) is 7.13. The van der Waals surface area contributed by atoms with E-state index in [0.717, 1.165) is 0 Å². The molecule has 3 aliphatic rings. The fourth-order valence-electron chi connectivity index (χ4n) is 4.33. The number of anilines is 1. The average Bonchev–Trinajstić information content (AvgIpc) is 2.64. The molecule has 2 fully saturated rings. The summed E-state index contributed by atoms with van der Waals surface area (Å²) >= 11 is 0.